The van der Waals surface area contributed by atoms with Crippen LogP contribution in [-0.2, 0) is 6.54 Å². The summed E-state index contributed by atoms with van der Waals surface area (Å²) in [6, 6.07) is 21.4. The predicted molar refractivity (Wildman–Crippen MR) is 111 cm³/mol. The highest BCUT2D eigenvalue weighted by atomic mass is 19.1. The largest absolute Gasteiger partial charge is 0.350 e. The van der Waals surface area contributed by atoms with Crippen LogP contribution in [0, 0.1) is 5.82 Å². The van der Waals surface area contributed by atoms with Gasteiger partial charge in [-0.1, -0.05) is 42.5 Å². The highest BCUT2D eigenvalue weighted by Crippen LogP contribution is 2.21. The first-order chi connectivity index (χ1) is 14.1. The molecule has 0 aliphatic carbocycles. The number of amides is 2. The molecule has 29 heavy (non-hydrogen) atoms. The number of fused-ring (bicyclic) bond motifs is 1. The molecule has 0 aliphatic rings. The molecule has 0 spiro atoms. The molecule has 2 N–H and O–H groups in total. The Bertz CT molecular complexity index is 1220. The van der Waals surface area contributed by atoms with Crippen molar-refractivity contribution < 1.29 is 9.18 Å². The van der Waals surface area contributed by atoms with Crippen molar-refractivity contribution >= 4 is 28.4 Å². The summed E-state index contributed by atoms with van der Waals surface area (Å²) in [6.45, 7) is 0.137. The fourth-order valence-electron chi connectivity index (χ4n) is 3.02. The zero-order chi connectivity index (χ0) is 20.2. The van der Waals surface area contributed by atoms with Gasteiger partial charge in [-0.15, -0.1) is 0 Å². The van der Waals surface area contributed by atoms with Crippen LogP contribution >= 0.6 is 0 Å². The summed E-state index contributed by atoms with van der Waals surface area (Å²) in [5.41, 5.74) is 1.29. The smallest absolute Gasteiger partial charge is 0.308 e. The Morgan fingerprint density at radius 2 is 1.59 bits per heavy atom. The van der Waals surface area contributed by atoms with Crippen molar-refractivity contribution in [2.75, 3.05) is 10.6 Å². The molecule has 1 aromatic heterocycles. The normalized spacial score (nSPS) is 10.7. The van der Waals surface area contributed by atoms with Crippen LogP contribution in [0.25, 0.3) is 10.9 Å². The standard InChI is InChI=1S/C22H17FN4O2/c23-16-12-10-15(11-13-16)14-27-20(18-8-4-5-9-19(18)25-22(27)29)26-21(28)24-17-6-2-1-3-7-17/h1-13H,14H2,(H2,24,26,28). The van der Waals surface area contributed by atoms with E-state index in [0.29, 0.717) is 28.0 Å². The summed E-state index contributed by atoms with van der Waals surface area (Å²) in [5, 5.41) is 6.13. The summed E-state index contributed by atoms with van der Waals surface area (Å²) in [7, 11) is 0. The number of para-hydroxylation sites is 2. The number of hydrogen-bond donors (Lipinski definition) is 2. The molecule has 4 rings (SSSR count). The van der Waals surface area contributed by atoms with Gasteiger partial charge in [0.1, 0.15) is 11.6 Å². The zero-order valence-electron chi connectivity index (χ0n) is 15.3. The van der Waals surface area contributed by atoms with E-state index in [9.17, 15) is 14.0 Å². The Morgan fingerprint density at radius 3 is 2.34 bits per heavy atom. The fourth-order valence-corrected chi connectivity index (χ4v) is 3.02. The molecule has 144 valence electrons. The van der Waals surface area contributed by atoms with Crippen LogP contribution in [0.4, 0.5) is 20.7 Å². The highest BCUT2D eigenvalue weighted by Gasteiger charge is 2.14. The van der Waals surface area contributed by atoms with Crippen LogP contribution in [-0.4, -0.2) is 15.6 Å². The maximum absolute atomic E-state index is 13.2. The Kier molecular flexibility index (Phi) is 5.03. The molecule has 1 heterocycles. The molecule has 0 aliphatic heterocycles. The van der Waals surface area contributed by atoms with Crippen molar-refractivity contribution in [3.05, 3.63) is 101 Å². The molecule has 0 radical (unpaired) electrons. The molecule has 0 fully saturated rings. The fraction of sp³-hybridized carbons (Fsp3) is 0.0455. The minimum Gasteiger partial charge on any atom is -0.308 e. The molecule has 7 heteroatoms. The third-order valence-corrected chi connectivity index (χ3v) is 4.39. The summed E-state index contributed by atoms with van der Waals surface area (Å²) in [5.74, 6) is -0.0447. The molecule has 2 amide bonds. The van der Waals surface area contributed by atoms with E-state index in [-0.39, 0.29) is 12.4 Å². The summed E-state index contributed by atoms with van der Waals surface area (Å²) >= 11 is 0. The Morgan fingerprint density at radius 1 is 0.897 bits per heavy atom. The predicted octanol–water partition coefficient (Wildman–Crippen LogP) is 4.23. The van der Waals surface area contributed by atoms with E-state index in [1.54, 1.807) is 48.5 Å². The number of urea groups is 1. The Hall–Kier alpha value is -4.00. The molecule has 3 aromatic carbocycles. The first kappa shape index (κ1) is 18.4. The molecule has 0 bridgehead atoms. The van der Waals surface area contributed by atoms with Crippen molar-refractivity contribution in [1.29, 1.82) is 0 Å². The van der Waals surface area contributed by atoms with E-state index in [2.05, 4.69) is 15.6 Å². The Balaban J connectivity index is 1.74. The van der Waals surface area contributed by atoms with Crippen molar-refractivity contribution in [2.24, 2.45) is 0 Å². The van der Waals surface area contributed by atoms with Gasteiger partial charge in [0.2, 0.25) is 0 Å². The number of nitrogens with zero attached hydrogens (tertiary/aromatic N) is 2. The first-order valence-electron chi connectivity index (χ1n) is 8.97. The van der Waals surface area contributed by atoms with Gasteiger partial charge in [-0.25, -0.2) is 14.0 Å². The van der Waals surface area contributed by atoms with Crippen LogP contribution < -0.4 is 16.3 Å². The lowest BCUT2D eigenvalue weighted by Crippen LogP contribution is -2.30. The lowest BCUT2D eigenvalue weighted by atomic mass is 10.2. The van der Waals surface area contributed by atoms with Gasteiger partial charge in [-0.2, -0.15) is 4.98 Å². The molecule has 6 nitrogen and oxygen atoms in total. The lowest BCUT2D eigenvalue weighted by molar-refractivity contribution is 0.262. The van der Waals surface area contributed by atoms with Gasteiger partial charge in [0.05, 0.1) is 12.1 Å². The van der Waals surface area contributed by atoms with E-state index in [1.165, 1.54) is 16.7 Å². The number of benzene rings is 3. The summed E-state index contributed by atoms with van der Waals surface area (Å²) in [4.78, 5) is 29.4. The highest BCUT2D eigenvalue weighted by molar-refractivity contribution is 6.04. The first-order valence-corrected chi connectivity index (χ1v) is 8.97. The van der Waals surface area contributed by atoms with Crippen molar-refractivity contribution in [3.8, 4) is 0 Å². The van der Waals surface area contributed by atoms with Gasteiger partial charge in [0.15, 0.2) is 0 Å². The van der Waals surface area contributed by atoms with Crippen LogP contribution in [0.3, 0.4) is 0 Å². The van der Waals surface area contributed by atoms with Gasteiger partial charge in [0, 0.05) is 11.1 Å². The van der Waals surface area contributed by atoms with E-state index in [0.717, 1.165) is 0 Å². The maximum atomic E-state index is 13.2. The minimum atomic E-state index is -0.511. The number of aromatic nitrogens is 2. The van der Waals surface area contributed by atoms with Crippen molar-refractivity contribution in [2.45, 2.75) is 6.54 Å². The second-order valence-electron chi connectivity index (χ2n) is 6.42. The second-order valence-corrected chi connectivity index (χ2v) is 6.42. The molecule has 0 atom stereocenters. The van der Waals surface area contributed by atoms with Gasteiger partial charge >= 0.3 is 11.7 Å². The number of carbonyl (C=O) groups is 1. The van der Waals surface area contributed by atoms with E-state index in [4.69, 9.17) is 0 Å². The lowest BCUT2D eigenvalue weighted by Gasteiger charge is -2.16. The number of anilines is 2. The monoisotopic (exact) mass is 388 g/mol. The van der Waals surface area contributed by atoms with Crippen LogP contribution in [0.2, 0.25) is 0 Å². The van der Waals surface area contributed by atoms with Gasteiger partial charge in [0.25, 0.3) is 0 Å². The van der Waals surface area contributed by atoms with E-state index in [1.807, 2.05) is 18.2 Å². The molecule has 0 unspecified atom stereocenters. The second kappa shape index (κ2) is 7.93. The van der Waals surface area contributed by atoms with Gasteiger partial charge < -0.3 is 5.32 Å². The van der Waals surface area contributed by atoms with Crippen LogP contribution in [0.1, 0.15) is 5.56 Å². The van der Waals surface area contributed by atoms with Crippen LogP contribution in [0.15, 0.2) is 83.7 Å². The number of rotatable bonds is 4. The van der Waals surface area contributed by atoms with E-state index < -0.39 is 11.7 Å². The van der Waals surface area contributed by atoms with Gasteiger partial charge in [-0.05, 0) is 42.0 Å². The molecular weight excluding hydrogens is 371 g/mol. The average molecular weight is 388 g/mol. The summed E-state index contributed by atoms with van der Waals surface area (Å²) in [6.07, 6.45) is 0. The number of nitrogens with one attached hydrogen (secondary N) is 2. The van der Waals surface area contributed by atoms with Crippen LogP contribution in [0.5, 0.6) is 0 Å². The zero-order valence-corrected chi connectivity index (χ0v) is 15.3. The maximum Gasteiger partial charge on any atom is 0.350 e. The van der Waals surface area contributed by atoms with Gasteiger partial charge in [-0.3, -0.25) is 9.88 Å². The quantitative estimate of drug-likeness (QED) is 0.549. The topological polar surface area (TPSA) is 76.0 Å². The average Bonchev–Trinajstić information content (AvgIpc) is 2.72. The molecule has 0 saturated heterocycles. The van der Waals surface area contributed by atoms with E-state index >= 15 is 0 Å². The Labute approximate surface area is 165 Å². The SMILES string of the molecule is O=C(Nc1ccccc1)Nc1c2ccccc2nc(=O)n1Cc1ccc(F)cc1. The molecule has 0 saturated carbocycles. The molecular formula is C22H17FN4O2. The number of halogens is 1. The summed E-state index contributed by atoms with van der Waals surface area (Å²) < 4.78 is 14.6. The number of carbonyl (C=O) groups excluding carboxylic acids is 1. The third kappa shape index (κ3) is 4.14. The minimum absolute atomic E-state index is 0.137. The van der Waals surface area contributed by atoms with Crippen molar-refractivity contribution in [1.82, 2.24) is 9.55 Å². The number of hydrogen-bond acceptors (Lipinski definition) is 3. The molecule has 4 aromatic rings. The third-order valence-electron chi connectivity index (χ3n) is 4.39. The van der Waals surface area contributed by atoms with Crippen molar-refractivity contribution in [3.63, 3.8) is 0 Å².